The number of benzene rings is 3. The number of ether oxygens (including phenoxy) is 2. The van der Waals surface area contributed by atoms with E-state index in [1.807, 2.05) is 0 Å². The van der Waals surface area contributed by atoms with E-state index < -0.39 is 48.2 Å². The number of carbonyl (C=O) groups is 4. The summed E-state index contributed by atoms with van der Waals surface area (Å²) in [7, 11) is 0. The number of fused-ring (bicyclic) bond motifs is 1. The number of amides is 4. The van der Waals surface area contributed by atoms with Gasteiger partial charge in [0.05, 0.1) is 36.6 Å². The standard InChI is InChI=1S/C33H33F2N3O6/c1-33(2,3)44-31(41)36(16-6-15-34)18-21-9-11-22(12-10-21)25-14-13-23(17-28(25)35)37-19-24(43-32(37)42)20-38-29(39)26-7-4-5-8-27(26)30(38)40/h4-5,7-14,17,24H,6,15-16,18-20H2,1-3H3/t24-/m0/s1. The summed E-state index contributed by atoms with van der Waals surface area (Å²) in [5.74, 6) is -1.46. The fourth-order valence-corrected chi connectivity index (χ4v) is 5.16. The lowest BCUT2D eigenvalue weighted by atomic mass is 10.0. The summed E-state index contributed by atoms with van der Waals surface area (Å²) in [6.07, 6.45) is -1.83. The average Bonchev–Trinajstić information content (AvgIpc) is 3.47. The highest BCUT2D eigenvalue weighted by Crippen LogP contribution is 2.31. The molecule has 3 aromatic carbocycles. The zero-order chi connectivity index (χ0) is 31.6. The molecule has 0 saturated carbocycles. The summed E-state index contributed by atoms with van der Waals surface area (Å²) in [5.41, 5.74) is 1.85. The van der Waals surface area contributed by atoms with Crippen molar-refractivity contribution in [2.45, 2.75) is 45.4 Å². The monoisotopic (exact) mass is 605 g/mol. The molecule has 230 valence electrons. The Labute approximate surface area is 253 Å². The van der Waals surface area contributed by atoms with Crippen molar-refractivity contribution in [1.29, 1.82) is 0 Å². The molecule has 1 fully saturated rings. The van der Waals surface area contributed by atoms with E-state index in [4.69, 9.17) is 9.47 Å². The van der Waals surface area contributed by atoms with Crippen molar-refractivity contribution in [2.24, 2.45) is 0 Å². The highest BCUT2D eigenvalue weighted by Gasteiger charge is 2.40. The smallest absolute Gasteiger partial charge is 0.414 e. The topological polar surface area (TPSA) is 96.5 Å². The third-order valence-electron chi connectivity index (χ3n) is 7.25. The van der Waals surface area contributed by atoms with Crippen molar-refractivity contribution in [3.63, 3.8) is 0 Å². The molecule has 4 amide bonds. The quantitative estimate of drug-likeness (QED) is 0.269. The third kappa shape index (κ3) is 6.56. The molecule has 3 aromatic rings. The minimum Gasteiger partial charge on any atom is -0.444 e. The molecule has 0 bridgehead atoms. The van der Waals surface area contributed by atoms with Gasteiger partial charge in [0, 0.05) is 18.7 Å². The molecule has 44 heavy (non-hydrogen) atoms. The lowest BCUT2D eigenvalue weighted by molar-refractivity contribution is 0.0228. The van der Waals surface area contributed by atoms with Gasteiger partial charge in [-0.2, -0.15) is 0 Å². The van der Waals surface area contributed by atoms with Crippen LogP contribution in [0.5, 0.6) is 0 Å². The molecular formula is C33H33F2N3O6. The molecular weight excluding hydrogens is 572 g/mol. The summed E-state index contributed by atoms with van der Waals surface area (Å²) in [6, 6.07) is 17.9. The molecule has 5 rings (SSSR count). The maximum absolute atomic E-state index is 15.3. The molecule has 0 radical (unpaired) electrons. The number of imide groups is 1. The van der Waals surface area contributed by atoms with Crippen molar-refractivity contribution in [3.8, 4) is 11.1 Å². The first-order valence-electron chi connectivity index (χ1n) is 14.3. The molecule has 9 nitrogen and oxygen atoms in total. The number of halogens is 2. The molecule has 11 heteroatoms. The first-order valence-corrected chi connectivity index (χ1v) is 14.3. The summed E-state index contributed by atoms with van der Waals surface area (Å²) < 4.78 is 39.0. The highest BCUT2D eigenvalue weighted by molar-refractivity contribution is 6.21. The predicted molar refractivity (Wildman–Crippen MR) is 158 cm³/mol. The van der Waals surface area contributed by atoms with E-state index in [2.05, 4.69) is 0 Å². The second kappa shape index (κ2) is 12.4. The van der Waals surface area contributed by atoms with Crippen LogP contribution in [0.1, 0.15) is 53.5 Å². The van der Waals surface area contributed by atoms with Gasteiger partial charge in [0.15, 0.2) is 0 Å². The largest absolute Gasteiger partial charge is 0.444 e. The van der Waals surface area contributed by atoms with Gasteiger partial charge in [-0.25, -0.2) is 14.0 Å². The number of anilines is 1. The molecule has 0 N–H and O–H groups in total. The van der Waals surface area contributed by atoms with Crippen molar-refractivity contribution < 1.29 is 37.4 Å². The van der Waals surface area contributed by atoms with E-state index in [-0.39, 0.29) is 38.3 Å². The van der Waals surface area contributed by atoms with Crippen LogP contribution in [0.3, 0.4) is 0 Å². The Morgan fingerprint density at radius 2 is 1.64 bits per heavy atom. The van der Waals surface area contributed by atoms with E-state index >= 15 is 4.39 Å². The SMILES string of the molecule is CC(C)(C)OC(=O)N(CCCF)Cc1ccc(-c2ccc(N3C[C@@H](CN4C(=O)c5ccccc5C4=O)OC3=O)cc2F)cc1. The minimum atomic E-state index is -0.773. The lowest BCUT2D eigenvalue weighted by Gasteiger charge is -2.27. The van der Waals surface area contributed by atoms with Gasteiger partial charge >= 0.3 is 12.2 Å². The van der Waals surface area contributed by atoms with Gasteiger partial charge in [0.25, 0.3) is 11.8 Å². The van der Waals surface area contributed by atoms with Crippen LogP contribution >= 0.6 is 0 Å². The fraction of sp³-hybridized carbons (Fsp3) is 0.333. The van der Waals surface area contributed by atoms with E-state index in [9.17, 15) is 23.6 Å². The number of alkyl halides is 1. The van der Waals surface area contributed by atoms with Crippen LogP contribution in [-0.2, 0) is 16.0 Å². The van der Waals surface area contributed by atoms with Gasteiger partial charge < -0.3 is 14.4 Å². The highest BCUT2D eigenvalue weighted by atomic mass is 19.1. The lowest BCUT2D eigenvalue weighted by Crippen LogP contribution is -2.38. The van der Waals surface area contributed by atoms with Crippen LogP contribution < -0.4 is 4.90 Å². The molecule has 1 atom stereocenters. The summed E-state index contributed by atoms with van der Waals surface area (Å²) in [6.45, 7) is 5.05. The number of rotatable bonds is 9. The van der Waals surface area contributed by atoms with E-state index in [1.165, 1.54) is 15.9 Å². The maximum Gasteiger partial charge on any atom is 0.414 e. The van der Waals surface area contributed by atoms with Gasteiger partial charge in [-0.15, -0.1) is 0 Å². The van der Waals surface area contributed by atoms with Gasteiger partial charge in [-0.1, -0.05) is 36.4 Å². The molecule has 2 aliphatic rings. The molecule has 0 aliphatic carbocycles. The minimum absolute atomic E-state index is 0.0380. The van der Waals surface area contributed by atoms with Gasteiger partial charge in [-0.05, 0) is 68.7 Å². The predicted octanol–water partition coefficient (Wildman–Crippen LogP) is 6.21. The van der Waals surface area contributed by atoms with Crippen molar-refractivity contribution >= 4 is 29.7 Å². The summed E-state index contributed by atoms with van der Waals surface area (Å²) in [5, 5.41) is 0. The zero-order valence-corrected chi connectivity index (χ0v) is 24.7. The Morgan fingerprint density at radius 3 is 2.23 bits per heavy atom. The number of cyclic esters (lactones) is 1. The Hall–Kier alpha value is -4.80. The zero-order valence-electron chi connectivity index (χ0n) is 24.7. The van der Waals surface area contributed by atoms with Crippen LogP contribution in [0.25, 0.3) is 11.1 Å². The fourth-order valence-electron chi connectivity index (χ4n) is 5.16. The first-order chi connectivity index (χ1) is 20.9. The summed E-state index contributed by atoms with van der Waals surface area (Å²) >= 11 is 0. The first kappa shape index (κ1) is 30.7. The number of hydrogen-bond acceptors (Lipinski definition) is 6. The summed E-state index contributed by atoms with van der Waals surface area (Å²) in [4.78, 5) is 54.4. The second-order valence-electron chi connectivity index (χ2n) is 11.7. The molecule has 0 unspecified atom stereocenters. The molecule has 2 heterocycles. The van der Waals surface area contributed by atoms with Crippen LogP contribution in [0.2, 0.25) is 0 Å². The van der Waals surface area contributed by atoms with Crippen LogP contribution in [0.15, 0.2) is 66.7 Å². The Kier molecular flexibility index (Phi) is 8.66. The molecule has 2 aliphatic heterocycles. The van der Waals surface area contributed by atoms with Crippen molar-refractivity contribution in [3.05, 3.63) is 89.2 Å². The number of hydrogen-bond donors (Lipinski definition) is 0. The van der Waals surface area contributed by atoms with Gasteiger partial charge in [-0.3, -0.25) is 23.8 Å². The second-order valence-corrected chi connectivity index (χ2v) is 11.7. The van der Waals surface area contributed by atoms with Crippen molar-refractivity contribution in [2.75, 3.05) is 31.2 Å². The van der Waals surface area contributed by atoms with E-state index in [0.717, 1.165) is 10.5 Å². The third-order valence-corrected chi connectivity index (χ3v) is 7.25. The van der Waals surface area contributed by atoms with Crippen molar-refractivity contribution in [1.82, 2.24) is 9.80 Å². The van der Waals surface area contributed by atoms with Gasteiger partial charge in [0.1, 0.15) is 17.5 Å². The number of carbonyl (C=O) groups excluding carboxylic acids is 4. The Balaban J connectivity index is 1.24. The Morgan fingerprint density at radius 1 is 0.977 bits per heavy atom. The van der Waals surface area contributed by atoms with Crippen LogP contribution in [0, 0.1) is 5.82 Å². The Bertz CT molecular complexity index is 1550. The normalized spacial score (nSPS) is 16.3. The molecule has 0 aromatic heterocycles. The molecule has 1 saturated heterocycles. The van der Waals surface area contributed by atoms with Crippen LogP contribution in [0.4, 0.5) is 24.1 Å². The maximum atomic E-state index is 15.3. The van der Waals surface area contributed by atoms with E-state index in [0.29, 0.717) is 22.3 Å². The average molecular weight is 606 g/mol. The van der Waals surface area contributed by atoms with Gasteiger partial charge in [0.2, 0.25) is 0 Å². The molecule has 0 spiro atoms. The van der Waals surface area contributed by atoms with Crippen LogP contribution in [-0.4, -0.2) is 71.8 Å². The van der Waals surface area contributed by atoms with E-state index in [1.54, 1.807) is 81.4 Å². The number of nitrogens with zero attached hydrogens (tertiary/aromatic N) is 3.